The SMILES string of the molecule is CC(C)(c1ccn(-c2[c-]ccc(-c3ccccc3)c2)n1)c1ccn(-c2[c-]ccc(-c3ccccc3)c2)n1.[Pt+2]. The molecule has 0 atom stereocenters. The first-order chi connectivity index (χ1) is 18.1. The van der Waals surface area contributed by atoms with Crippen LogP contribution >= 0.6 is 0 Å². The standard InChI is InChI=1S/C33H26N4.Pt/c1-33(2,31-19-21-36(34-31)29-17-9-15-27(23-29)25-11-5-3-6-12-25)32-20-22-37(35-32)30-18-10-16-28(24-30)26-13-7-4-8-14-26;/h3-16,19-24H,1-2H3;/q-2;+2. The van der Waals surface area contributed by atoms with Crippen molar-refractivity contribution in [2.75, 3.05) is 0 Å². The van der Waals surface area contributed by atoms with Crippen LogP contribution in [0.3, 0.4) is 0 Å². The van der Waals surface area contributed by atoms with Gasteiger partial charge in [-0.05, 0) is 48.5 Å². The second-order valence-corrected chi connectivity index (χ2v) is 9.57. The molecule has 0 aliphatic heterocycles. The van der Waals surface area contributed by atoms with Crippen molar-refractivity contribution in [1.82, 2.24) is 19.6 Å². The molecule has 0 aliphatic carbocycles. The first-order valence-corrected chi connectivity index (χ1v) is 12.4. The summed E-state index contributed by atoms with van der Waals surface area (Å²) in [5.41, 5.74) is 7.93. The maximum atomic E-state index is 4.93. The molecule has 188 valence electrons. The maximum Gasteiger partial charge on any atom is 2.00 e. The van der Waals surface area contributed by atoms with E-state index in [1.165, 1.54) is 11.1 Å². The van der Waals surface area contributed by atoms with Crippen LogP contribution in [0.2, 0.25) is 0 Å². The van der Waals surface area contributed by atoms with Crippen LogP contribution in [0.1, 0.15) is 25.2 Å². The summed E-state index contributed by atoms with van der Waals surface area (Å²) in [6.07, 6.45) is 3.98. The Morgan fingerprint density at radius 3 is 1.39 bits per heavy atom. The summed E-state index contributed by atoms with van der Waals surface area (Å²) in [7, 11) is 0. The second-order valence-electron chi connectivity index (χ2n) is 9.57. The number of rotatable bonds is 6. The molecule has 4 nitrogen and oxygen atoms in total. The largest absolute Gasteiger partial charge is 2.00 e. The van der Waals surface area contributed by atoms with Gasteiger partial charge in [0.2, 0.25) is 0 Å². The van der Waals surface area contributed by atoms with E-state index in [0.29, 0.717) is 0 Å². The van der Waals surface area contributed by atoms with E-state index in [1.54, 1.807) is 0 Å². The smallest absolute Gasteiger partial charge is 0.265 e. The van der Waals surface area contributed by atoms with Gasteiger partial charge in [-0.3, -0.25) is 9.36 Å². The normalized spacial score (nSPS) is 11.2. The van der Waals surface area contributed by atoms with Crippen LogP contribution in [0.4, 0.5) is 0 Å². The Bertz CT molecular complexity index is 1530. The van der Waals surface area contributed by atoms with Crippen molar-refractivity contribution in [3.63, 3.8) is 0 Å². The van der Waals surface area contributed by atoms with Crippen molar-refractivity contribution in [1.29, 1.82) is 0 Å². The van der Waals surface area contributed by atoms with E-state index < -0.39 is 0 Å². The fraction of sp³-hybridized carbons (Fsp3) is 0.0909. The molecule has 6 rings (SSSR count). The summed E-state index contributed by atoms with van der Waals surface area (Å²) in [6.45, 7) is 4.31. The minimum absolute atomic E-state index is 0. The molecule has 2 aromatic heterocycles. The molecule has 0 N–H and O–H groups in total. The molecule has 2 heterocycles. The number of benzene rings is 4. The van der Waals surface area contributed by atoms with Gasteiger partial charge in [0, 0.05) is 12.4 Å². The summed E-state index contributed by atoms with van der Waals surface area (Å²) >= 11 is 0. The third-order valence-corrected chi connectivity index (χ3v) is 6.74. The summed E-state index contributed by atoms with van der Waals surface area (Å²) < 4.78 is 3.77. The zero-order valence-corrected chi connectivity index (χ0v) is 23.4. The summed E-state index contributed by atoms with van der Waals surface area (Å²) in [5.74, 6) is 0. The van der Waals surface area contributed by atoms with Crippen molar-refractivity contribution in [3.8, 4) is 33.6 Å². The van der Waals surface area contributed by atoms with Crippen LogP contribution < -0.4 is 0 Å². The molecule has 0 bridgehead atoms. The summed E-state index contributed by atoms with van der Waals surface area (Å²) in [6, 6.07) is 43.7. The van der Waals surface area contributed by atoms with Crippen molar-refractivity contribution < 1.29 is 21.1 Å². The second kappa shape index (κ2) is 10.8. The van der Waals surface area contributed by atoms with Gasteiger partial charge in [0.15, 0.2) is 0 Å². The molecule has 0 aliphatic rings. The molecular formula is C33H26N4Pt. The van der Waals surface area contributed by atoms with E-state index >= 15 is 0 Å². The third-order valence-electron chi connectivity index (χ3n) is 6.74. The van der Waals surface area contributed by atoms with Crippen molar-refractivity contribution in [3.05, 3.63) is 145 Å². The van der Waals surface area contributed by atoms with Crippen LogP contribution in [0.25, 0.3) is 33.6 Å². The van der Waals surface area contributed by atoms with E-state index in [1.807, 2.05) is 46.0 Å². The number of aromatic nitrogens is 4. The molecule has 0 fully saturated rings. The van der Waals surface area contributed by atoms with Gasteiger partial charge >= 0.3 is 21.1 Å². The zero-order chi connectivity index (χ0) is 25.2. The molecule has 0 unspecified atom stereocenters. The first-order valence-electron chi connectivity index (χ1n) is 12.4. The Kier molecular flexibility index (Phi) is 7.26. The Labute approximate surface area is 237 Å². The van der Waals surface area contributed by atoms with Crippen molar-refractivity contribution >= 4 is 0 Å². The number of hydrogen-bond donors (Lipinski definition) is 0. The minimum atomic E-state index is -0.384. The topological polar surface area (TPSA) is 35.6 Å². The van der Waals surface area contributed by atoms with Gasteiger partial charge in [0.05, 0.1) is 16.8 Å². The minimum Gasteiger partial charge on any atom is -0.265 e. The first kappa shape index (κ1) is 25.6. The van der Waals surface area contributed by atoms with Gasteiger partial charge in [-0.15, -0.1) is 23.3 Å². The summed E-state index contributed by atoms with van der Waals surface area (Å²) in [5, 5.41) is 9.85. The number of nitrogens with zero attached hydrogens (tertiary/aromatic N) is 4. The fourth-order valence-corrected chi connectivity index (χ4v) is 4.51. The van der Waals surface area contributed by atoms with Gasteiger partial charge < -0.3 is 0 Å². The van der Waals surface area contributed by atoms with Crippen LogP contribution in [0.5, 0.6) is 0 Å². The van der Waals surface area contributed by atoms with Gasteiger partial charge in [0.25, 0.3) is 0 Å². The Morgan fingerprint density at radius 2 is 0.974 bits per heavy atom. The molecule has 0 radical (unpaired) electrons. The predicted molar refractivity (Wildman–Crippen MR) is 148 cm³/mol. The predicted octanol–water partition coefficient (Wildman–Crippen LogP) is 7.32. The Balaban J connectivity index is 0.00000294. The van der Waals surface area contributed by atoms with E-state index in [-0.39, 0.29) is 26.5 Å². The molecule has 0 saturated heterocycles. The number of hydrogen-bond acceptors (Lipinski definition) is 2. The molecule has 5 heteroatoms. The zero-order valence-electron chi connectivity index (χ0n) is 21.2. The van der Waals surface area contributed by atoms with Gasteiger partial charge in [-0.1, -0.05) is 60.7 Å². The van der Waals surface area contributed by atoms with E-state index in [0.717, 1.165) is 33.9 Å². The van der Waals surface area contributed by atoms with Crippen LogP contribution in [0.15, 0.2) is 122 Å². The monoisotopic (exact) mass is 673 g/mol. The van der Waals surface area contributed by atoms with E-state index in [4.69, 9.17) is 10.2 Å². The van der Waals surface area contributed by atoms with E-state index in [9.17, 15) is 0 Å². The van der Waals surface area contributed by atoms with Crippen molar-refractivity contribution in [2.24, 2.45) is 0 Å². The molecule has 4 aromatic carbocycles. The molecule has 0 amide bonds. The van der Waals surface area contributed by atoms with E-state index in [2.05, 4.69) is 111 Å². The molecule has 38 heavy (non-hydrogen) atoms. The fourth-order valence-electron chi connectivity index (χ4n) is 4.51. The van der Waals surface area contributed by atoms with Gasteiger partial charge in [0.1, 0.15) is 0 Å². The average molecular weight is 674 g/mol. The Morgan fingerprint density at radius 1 is 0.553 bits per heavy atom. The van der Waals surface area contributed by atoms with Crippen molar-refractivity contribution in [2.45, 2.75) is 19.3 Å². The molecular weight excluding hydrogens is 647 g/mol. The third kappa shape index (κ3) is 5.05. The van der Waals surface area contributed by atoms with Crippen LogP contribution in [-0.2, 0) is 26.5 Å². The molecule has 0 spiro atoms. The quantitative estimate of drug-likeness (QED) is 0.174. The average Bonchev–Trinajstić information content (AvgIpc) is 3.66. The Hall–Kier alpha value is -4.01. The maximum absolute atomic E-state index is 4.93. The molecule has 0 saturated carbocycles. The molecule has 6 aromatic rings. The van der Waals surface area contributed by atoms with Crippen LogP contribution in [-0.4, -0.2) is 19.6 Å². The summed E-state index contributed by atoms with van der Waals surface area (Å²) in [4.78, 5) is 0. The van der Waals surface area contributed by atoms with Crippen LogP contribution in [0, 0.1) is 12.1 Å². The van der Waals surface area contributed by atoms with Gasteiger partial charge in [-0.25, -0.2) is 0 Å². The van der Waals surface area contributed by atoms with Gasteiger partial charge in [-0.2, -0.15) is 46.6 Å².